The third-order valence-electron chi connectivity index (χ3n) is 4.92. The van der Waals surface area contributed by atoms with Crippen molar-refractivity contribution in [3.8, 4) is 0 Å². The second-order valence-electron chi connectivity index (χ2n) is 7.02. The van der Waals surface area contributed by atoms with Crippen molar-refractivity contribution in [1.82, 2.24) is 23.1 Å². The van der Waals surface area contributed by atoms with Crippen LogP contribution in [0.5, 0.6) is 0 Å². The van der Waals surface area contributed by atoms with Gasteiger partial charge in [0.15, 0.2) is 11.5 Å². The highest BCUT2D eigenvalue weighted by Crippen LogP contribution is 2.29. The predicted molar refractivity (Wildman–Crippen MR) is 101 cm³/mol. The van der Waals surface area contributed by atoms with Gasteiger partial charge in [-0.2, -0.15) is 12.7 Å². The number of hydrogen-bond acceptors (Lipinski definition) is 6. The van der Waals surface area contributed by atoms with Crippen molar-refractivity contribution in [1.29, 1.82) is 0 Å². The van der Waals surface area contributed by atoms with Gasteiger partial charge >= 0.3 is 10.2 Å². The van der Waals surface area contributed by atoms with Crippen molar-refractivity contribution in [2.75, 3.05) is 27.2 Å². The zero-order valence-electron chi connectivity index (χ0n) is 15.4. The molecule has 0 bridgehead atoms. The summed E-state index contributed by atoms with van der Waals surface area (Å²) >= 11 is 0. The minimum atomic E-state index is -3.57. The summed E-state index contributed by atoms with van der Waals surface area (Å²) in [6.07, 6.45) is 5.03. The predicted octanol–water partition coefficient (Wildman–Crippen LogP) is 2.06. The summed E-state index contributed by atoms with van der Waals surface area (Å²) in [7, 11) is -0.534. The summed E-state index contributed by atoms with van der Waals surface area (Å²) in [4.78, 5) is 11.1. The molecule has 27 heavy (non-hydrogen) atoms. The molecule has 3 heterocycles. The molecule has 1 saturated heterocycles. The molecular weight excluding hydrogens is 366 g/mol. The number of hydrogen-bond donors (Lipinski definition) is 0. The van der Waals surface area contributed by atoms with E-state index in [0.717, 1.165) is 42.9 Å². The van der Waals surface area contributed by atoms with Crippen LogP contribution >= 0.6 is 0 Å². The van der Waals surface area contributed by atoms with E-state index in [4.69, 9.17) is 4.42 Å². The molecule has 0 aliphatic carbocycles. The van der Waals surface area contributed by atoms with Crippen LogP contribution < -0.4 is 0 Å². The van der Waals surface area contributed by atoms with Crippen molar-refractivity contribution in [2.45, 2.75) is 25.3 Å². The molecule has 1 fully saturated rings. The molecule has 1 aliphatic rings. The lowest BCUT2D eigenvalue weighted by atomic mass is 9.98. The largest absolute Gasteiger partial charge is 0.440 e. The van der Waals surface area contributed by atoms with E-state index in [1.165, 1.54) is 34.8 Å². The van der Waals surface area contributed by atoms with Gasteiger partial charge in [0, 0.05) is 39.0 Å². The number of fused-ring (bicyclic) bond motifs is 1. The van der Waals surface area contributed by atoms with E-state index >= 15 is 0 Å². The highest BCUT2D eigenvalue weighted by molar-refractivity contribution is 7.87. The molecule has 8 nitrogen and oxygen atoms in total. The third-order valence-corrected chi connectivity index (χ3v) is 6.67. The zero-order chi connectivity index (χ0) is 19.0. The van der Waals surface area contributed by atoms with E-state index in [0.29, 0.717) is 12.4 Å². The lowest BCUT2D eigenvalue weighted by Crippen LogP contribution is -2.36. The first-order valence-corrected chi connectivity index (χ1v) is 10.4. The van der Waals surface area contributed by atoms with Crippen molar-refractivity contribution >= 4 is 21.3 Å². The van der Waals surface area contributed by atoms with E-state index in [1.807, 2.05) is 24.3 Å². The van der Waals surface area contributed by atoms with Crippen LogP contribution in [-0.4, -0.2) is 58.7 Å². The number of rotatable bonds is 5. The maximum absolute atomic E-state index is 12.4. The van der Waals surface area contributed by atoms with Crippen LogP contribution in [0.25, 0.3) is 11.1 Å². The van der Waals surface area contributed by atoms with E-state index in [9.17, 15) is 8.42 Å². The van der Waals surface area contributed by atoms with Gasteiger partial charge in [0.25, 0.3) is 0 Å². The van der Waals surface area contributed by atoms with Crippen LogP contribution in [0.4, 0.5) is 0 Å². The molecule has 0 radical (unpaired) electrons. The Morgan fingerprint density at radius 1 is 1.30 bits per heavy atom. The highest BCUT2D eigenvalue weighted by Gasteiger charge is 2.27. The topological polar surface area (TPSA) is 84.5 Å². The molecule has 0 N–H and O–H groups in total. The van der Waals surface area contributed by atoms with Gasteiger partial charge in [-0.15, -0.1) is 0 Å². The Labute approximate surface area is 158 Å². The van der Waals surface area contributed by atoms with E-state index < -0.39 is 10.2 Å². The number of imidazole rings is 1. The number of oxazole rings is 1. The van der Waals surface area contributed by atoms with Crippen LogP contribution in [-0.2, 0) is 16.8 Å². The normalized spacial score (nSPS) is 19.1. The summed E-state index contributed by atoms with van der Waals surface area (Å²) in [6.45, 7) is 2.13. The maximum atomic E-state index is 12.4. The molecule has 1 atom stereocenters. The molecular formula is C18H23N5O3S. The quantitative estimate of drug-likeness (QED) is 0.664. The maximum Gasteiger partial charge on any atom is 0.308 e. The fraction of sp³-hybridized carbons (Fsp3) is 0.444. The lowest BCUT2D eigenvalue weighted by molar-refractivity contribution is 0.183. The van der Waals surface area contributed by atoms with E-state index in [-0.39, 0.29) is 5.92 Å². The van der Waals surface area contributed by atoms with Crippen molar-refractivity contribution in [2.24, 2.45) is 0 Å². The summed E-state index contributed by atoms with van der Waals surface area (Å²) in [5.41, 5.74) is 1.68. The fourth-order valence-electron chi connectivity index (χ4n) is 3.48. The molecule has 1 unspecified atom stereocenters. The summed E-state index contributed by atoms with van der Waals surface area (Å²) in [5.74, 6) is 1.46. The van der Waals surface area contributed by atoms with Crippen LogP contribution in [0.2, 0.25) is 0 Å². The Bertz CT molecular complexity index is 1010. The lowest BCUT2D eigenvalue weighted by Gasteiger charge is -2.31. The number of likely N-dealkylation sites (tertiary alicyclic amines) is 1. The van der Waals surface area contributed by atoms with Crippen molar-refractivity contribution in [3.05, 3.63) is 48.4 Å². The number of piperidine rings is 1. The SMILES string of the molecule is CN(C)S(=O)(=O)n1ccnc1CN1CCCC(c2nc3ccccc3o2)C1. The van der Waals surface area contributed by atoms with Gasteiger partial charge < -0.3 is 4.42 Å². The second kappa shape index (κ2) is 7.06. The van der Waals surface area contributed by atoms with E-state index in [2.05, 4.69) is 14.9 Å². The van der Waals surface area contributed by atoms with Crippen LogP contribution in [0.1, 0.15) is 30.5 Å². The monoisotopic (exact) mass is 389 g/mol. The van der Waals surface area contributed by atoms with Gasteiger partial charge in [-0.05, 0) is 31.5 Å². The molecule has 1 aliphatic heterocycles. The van der Waals surface area contributed by atoms with Gasteiger partial charge in [-0.3, -0.25) is 4.90 Å². The molecule has 0 saturated carbocycles. The molecule has 3 aromatic rings. The zero-order valence-corrected chi connectivity index (χ0v) is 16.3. The average molecular weight is 389 g/mol. The van der Waals surface area contributed by atoms with Gasteiger partial charge in [-0.25, -0.2) is 13.9 Å². The third kappa shape index (κ3) is 3.50. The first kappa shape index (κ1) is 18.1. The summed E-state index contributed by atoms with van der Waals surface area (Å²) in [5, 5.41) is 0. The highest BCUT2D eigenvalue weighted by atomic mass is 32.2. The Morgan fingerprint density at radius 3 is 2.89 bits per heavy atom. The van der Waals surface area contributed by atoms with Gasteiger partial charge in [0.1, 0.15) is 11.3 Å². The standard InChI is InChI=1S/C18H23N5O3S/c1-21(2)27(24,25)23-11-9-19-17(23)13-22-10-5-6-14(12-22)18-20-15-7-3-4-8-16(15)26-18/h3-4,7-9,11,14H,5-6,10,12-13H2,1-2H3. The van der Waals surface area contributed by atoms with Crippen LogP contribution in [0, 0.1) is 0 Å². The molecule has 0 spiro atoms. The summed E-state index contributed by atoms with van der Waals surface area (Å²) in [6, 6.07) is 7.77. The molecule has 1 aromatic carbocycles. The molecule has 0 amide bonds. The Morgan fingerprint density at radius 2 is 2.11 bits per heavy atom. The minimum absolute atomic E-state index is 0.194. The molecule has 9 heteroatoms. The van der Waals surface area contributed by atoms with Gasteiger partial charge in [0.05, 0.1) is 6.54 Å². The smallest absolute Gasteiger partial charge is 0.308 e. The Balaban J connectivity index is 1.52. The average Bonchev–Trinajstić information content (AvgIpc) is 3.28. The van der Waals surface area contributed by atoms with Crippen molar-refractivity contribution < 1.29 is 12.8 Å². The summed E-state index contributed by atoms with van der Waals surface area (Å²) < 4.78 is 33.3. The first-order valence-electron chi connectivity index (χ1n) is 8.98. The number of para-hydroxylation sites is 2. The molecule has 144 valence electrons. The van der Waals surface area contributed by atoms with Crippen molar-refractivity contribution in [3.63, 3.8) is 0 Å². The van der Waals surface area contributed by atoms with E-state index in [1.54, 1.807) is 0 Å². The van der Waals surface area contributed by atoms with Gasteiger partial charge in [-0.1, -0.05) is 12.1 Å². The molecule has 2 aromatic heterocycles. The fourth-order valence-corrected chi connectivity index (χ4v) is 4.42. The number of nitrogens with zero attached hydrogens (tertiary/aromatic N) is 5. The first-order chi connectivity index (χ1) is 12.9. The van der Waals surface area contributed by atoms with Gasteiger partial charge in [0.2, 0.25) is 0 Å². The Kier molecular flexibility index (Phi) is 4.75. The molecule has 4 rings (SSSR count). The number of benzene rings is 1. The number of aromatic nitrogens is 3. The second-order valence-corrected chi connectivity index (χ2v) is 9.04. The van der Waals surface area contributed by atoms with Crippen LogP contribution in [0.3, 0.4) is 0 Å². The van der Waals surface area contributed by atoms with Crippen LogP contribution in [0.15, 0.2) is 41.1 Å². The Hall–Kier alpha value is -2.23. The minimum Gasteiger partial charge on any atom is -0.440 e.